The summed E-state index contributed by atoms with van der Waals surface area (Å²) in [6.45, 7) is 1.45. The number of amides is 2. The maximum absolute atomic E-state index is 12.4. The van der Waals surface area contributed by atoms with Gasteiger partial charge in [0.2, 0.25) is 11.8 Å². The summed E-state index contributed by atoms with van der Waals surface area (Å²) >= 11 is 0. The first-order chi connectivity index (χ1) is 12.6. The molecule has 1 N–H and O–H groups in total. The van der Waals surface area contributed by atoms with Crippen LogP contribution in [0.1, 0.15) is 32.6 Å². The van der Waals surface area contributed by atoms with Crippen molar-refractivity contribution in [1.29, 1.82) is 0 Å². The quantitative estimate of drug-likeness (QED) is 0.858. The van der Waals surface area contributed by atoms with E-state index in [9.17, 15) is 9.59 Å². The van der Waals surface area contributed by atoms with Crippen molar-refractivity contribution in [3.63, 3.8) is 0 Å². The van der Waals surface area contributed by atoms with E-state index in [1.807, 2.05) is 42.5 Å². The molecule has 0 atom stereocenters. The van der Waals surface area contributed by atoms with Gasteiger partial charge in [0.1, 0.15) is 12.3 Å². The van der Waals surface area contributed by atoms with Crippen molar-refractivity contribution in [3.8, 4) is 11.5 Å². The van der Waals surface area contributed by atoms with Crippen LogP contribution in [0.15, 0.2) is 54.6 Å². The van der Waals surface area contributed by atoms with Crippen LogP contribution in [0.5, 0.6) is 11.5 Å². The minimum absolute atomic E-state index is 0.0129. The molecule has 0 unspecified atom stereocenters. The molecule has 0 saturated heterocycles. The number of rotatable bonds is 6. The van der Waals surface area contributed by atoms with Crippen LogP contribution in [0.3, 0.4) is 0 Å². The smallest absolute Gasteiger partial charge is 0.240 e. The summed E-state index contributed by atoms with van der Waals surface area (Å²) in [5.41, 5.74) is 0.588. The highest BCUT2D eigenvalue weighted by molar-refractivity contribution is 5.98. The predicted molar refractivity (Wildman–Crippen MR) is 101 cm³/mol. The first kappa shape index (κ1) is 18.0. The van der Waals surface area contributed by atoms with Gasteiger partial charge in [0, 0.05) is 13.0 Å². The lowest BCUT2D eigenvalue weighted by atomic mass is 10.2. The third-order valence-corrected chi connectivity index (χ3v) is 4.53. The SMILES string of the molecule is CC(=O)N(CC(=O)NC1CCCC1)c1ccccc1Oc1ccccc1. The van der Waals surface area contributed by atoms with E-state index in [1.54, 1.807) is 12.1 Å². The van der Waals surface area contributed by atoms with E-state index >= 15 is 0 Å². The predicted octanol–water partition coefficient (Wildman–Crippen LogP) is 3.89. The number of benzene rings is 2. The normalized spacial score (nSPS) is 14.0. The zero-order chi connectivity index (χ0) is 18.4. The van der Waals surface area contributed by atoms with Crippen molar-refractivity contribution in [1.82, 2.24) is 5.32 Å². The fraction of sp³-hybridized carbons (Fsp3) is 0.333. The summed E-state index contributed by atoms with van der Waals surface area (Å²) in [6.07, 6.45) is 4.32. The topological polar surface area (TPSA) is 58.6 Å². The molecule has 0 heterocycles. The lowest BCUT2D eigenvalue weighted by molar-refractivity contribution is -0.123. The molecule has 2 aromatic rings. The Morgan fingerprint density at radius 2 is 1.69 bits per heavy atom. The Morgan fingerprint density at radius 1 is 1.04 bits per heavy atom. The molecular formula is C21H24N2O3. The van der Waals surface area contributed by atoms with Crippen LogP contribution in [0, 0.1) is 0 Å². The van der Waals surface area contributed by atoms with Gasteiger partial charge in [-0.2, -0.15) is 0 Å². The molecule has 2 amide bonds. The zero-order valence-electron chi connectivity index (χ0n) is 15.0. The summed E-state index contributed by atoms with van der Waals surface area (Å²) in [4.78, 5) is 26.1. The molecule has 26 heavy (non-hydrogen) atoms. The summed E-state index contributed by atoms with van der Waals surface area (Å²) in [5.74, 6) is 0.888. The Kier molecular flexibility index (Phi) is 5.89. The van der Waals surface area contributed by atoms with E-state index < -0.39 is 0 Å². The number of para-hydroxylation sites is 3. The number of hydrogen-bond acceptors (Lipinski definition) is 3. The lowest BCUT2D eigenvalue weighted by Crippen LogP contribution is -2.43. The van der Waals surface area contributed by atoms with Crippen molar-refractivity contribution < 1.29 is 14.3 Å². The molecule has 0 spiro atoms. The molecule has 5 nitrogen and oxygen atoms in total. The Morgan fingerprint density at radius 3 is 2.38 bits per heavy atom. The van der Waals surface area contributed by atoms with Gasteiger partial charge < -0.3 is 10.1 Å². The number of carbonyl (C=O) groups excluding carboxylic acids is 2. The molecule has 2 aromatic carbocycles. The molecule has 1 aliphatic rings. The average Bonchev–Trinajstić information content (AvgIpc) is 3.14. The van der Waals surface area contributed by atoms with Gasteiger partial charge >= 0.3 is 0 Å². The van der Waals surface area contributed by atoms with E-state index in [0.29, 0.717) is 17.2 Å². The largest absolute Gasteiger partial charge is 0.455 e. The molecule has 5 heteroatoms. The zero-order valence-corrected chi connectivity index (χ0v) is 15.0. The molecular weight excluding hydrogens is 328 g/mol. The highest BCUT2D eigenvalue weighted by atomic mass is 16.5. The van der Waals surface area contributed by atoms with Gasteiger partial charge in [-0.3, -0.25) is 14.5 Å². The molecule has 0 bridgehead atoms. The van der Waals surface area contributed by atoms with E-state index in [4.69, 9.17) is 4.74 Å². The van der Waals surface area contributed by atoms with Gasteiger partial charge in [-0.05, 0) is 37.1 Å². The highest BCUT2D eigenvalue weighted by Gasteiger charge is 2.22. The standard InChI is InChI=1S/C21H24N2O3/c1-16(24)23(15-21(25)22-17-9-5-6-10-17)19-13-7-8-14-20(19)26-18-11-3-2-4-12-18/h2-4,7-8,11-14,17H,5-6,9-10,15H2,1H3,(H,22,25). The minimum Gasteiger partial charge on any atom is -0.455 e. The Balaban J connectivity index is 1.77. The number of nitrogens with one attached hydrogen (secondary N) is 1. The first-order valence-corrected chi connectivity index (χ1v) is 9.03. The van der Waals surface area contributed by atoms with Gasteiger partial charge in [0.05, 0.1) is 5.69 Å². The maximum Gasteiger partial charge on any atom is 0.240 e. The Hall–Kier alpha value is -2.82. The van der Waals surface area contributed by atoms with Crippen molar-refractivity contribution in [2.75, 3.05) is 11.4 Å². The molecule has 1 aliphatic carbocycles. The summed E-state index contributed by atoms with van der Waals surface area (Å²) < 4.78 is 5.93. The van der Waals surface area contributed by atoms with Crippen LogP contribution >= 0.6 is 0 Å². The highest BCUT2D eigenvalue weighted by Crippen LogP contribution is 2.32. The number of hydrogen-bond donors (Lipinski definition) is 1. The molecule has 0 aliphatic heterocycles. The number of anilines is 1. The number of nitrogens with zero attached hydrogens (tertiary/aromatic N) is 1. The second kappa shape index (κ2) is 8.52. The fourth-order valence-electron chi connectivity index (χ4n) is 3.24. The van der Waals surface area contributed by atoms with Gasteiger partial charge in [-0.15, -0.1) is 0 Å². The molecule has 136 valence electrons. The second-order valence-electron chi connectivity index (χ2n) is 6.54. The minimum atomic E-state index is -0.198. The maximum atomic E-state index is 12.4. The van der Waals surface area contributed by atoms with Crippen LogP contribution in [0.2, 0.25) is 0 Å². The van der Waals surface area contributed by atoms with Crippen LogP contribution in [-0.4, -0.2) is 24.4 Å². The monoisotopic (exact) mass is 352 g/mol. The van der Waals surface area contributed by atoms with E-state index in [1.165, 1.54) is 11.8 Å². The summed E-state index contributed by atoms with van der Waals surface area (Å²) in [5, 5.41) is 3.03. The summed E-state index contributed by atoms with van der Waals surface area (Å²) in [7, 11) is 0. The van der Waals surface area contributed by atoms with Gasteiger partial charge in [-0.1, -0.05) is 43.2 Å². The van der Waals surface area contributed by atoms with Gasteiger partial charge in [0.25, 0.3) is 0 Å². The van der Waals surface area contributed by atoms with Gasteiger partial charge in [-0.25, -0.2) is 0 Å². The molecule has 0 radical (unpaired) electrons. The fourth-order valence-corrected chi connectivity index (χ4v) is 3.24. The second-order valence-corrected chi connectivity index (χ2v) is 6.54. The van der Waals surface area contributed by atoms with Crippen LogP contribution in [-0.2, 0) is 9.59 Å². The lowest BCUT2D eigenvalue weighted by Gasteiger charge is -2.24. The van der Waals surface area contributed by atoms with E-state index in [2.05, 4.69) is 5.32 Å². The van der Waals surface area contributed by atoms with Crippen molar-refractivity contribution >= 4 is 17.5 Å². The third kappa shape index (κ3) is 4.63. The molecule has 0 aromatic heterocycles. The molecule has 3 rings (SSSR count). The van der Waals surface area contributed by atoms with Crippen LogP contribution in [0.4, 0.5) is 5.69 Å². The summed E-state index contributed by atoms with van der Waals surface area (Å²) in [6, 6.07) is 16.9. The van der Waals surface area contributed by atoms with E-state index in [-0.39, 0.29) is 24.4 Å². The van der Waals surface area contributed by atoms with Crippen molar-refractivity contribution in [2.45, 2.75) is 38.6 Å². The Labute approximate surface area is 154 Å². The van der Waals surface area contributed by atoms with Crippen LogP contribution in [0.25, 0.3) is 0 Å². The molecule has 1 saturated carbocycles. The first-order valence-electron chi connectivity index (χ1n) is 9.03. The number of ether oxygens (including phenoxy) is 1. The Bertz CT molecular complexity index is 755. The third-order valence-electron chi connectivity index (χ3n) is 4.53. The number of carbonyl (C=O) groups is 2. The van der Waals surface area contributed by atoms with Gasteiger partial charge in [0.15, 0.2) is 5.75 Å². The van der Waals surface area contributed by atoms with E-state index in [0.717, 1.165) is 25.7 Å². The van der Waals surface area contributed by atoms with Crippen molar-refractivity contribution in [2.24, 2.45) is 0 Å². The molecule has 1 fully saturated rings. The van der Waals surface area contributed by atoms with Crippen molar-refractivity contribution in [3.05, 3.63) is 54.6 Å². The van der Waals surface area contributed by atoms with Crippen LogP contribution < -0.4 is 15.0 Å². The average molecular weight is 352 g/mol.